The molecule has 0 aliphatic rings. The van der Waals surface area contributed by atoms with Gasteiger partial charge in [0, 0.05) is 6.07 Å². The summed E-state index contributed by atoms with van der Waals surface area (Å²) >= 11 is 0. The second-order valence-corrected chi connectivity index (χ2v) is 4.35. The second kappa shape index (κ2) is 6.91. The van der Waals surface area contributed by atoms with Crippen LogP contribution in [0.15, 0.2) is 42.5 Å². The fraction of sp³-hybridized carbons (Fsp3) is 0.250. The van der Waals surface area contributed by atoms with Gasteiger partial charge in [-0.25, -0.2) is 4.39 Å². The normalized spacial score (nSPS) is 10.3. The molecule has 0 fully saturated rings. The van der Waals surface area contributed by atoms with Crippen molar-refractivity contribution in [2.24, 2.45) is 0 Å². The molecule has 2 aromatic carbocycles. The van der Waals surface area contributed by atoms with E-state index in [1.165, 1.54) is 12.1 Å². The zero-order valence-electron chi connectivity index (χ0n) is 11.3. The van der Waals surface area contributed by atoms with Crippen molar-refractivity contribution in [1.82, 2.24) is 0 Å². The third-order valence-electron chi connectivity index (χ3n) is 2.65. The highest BCUT2D eigenvalue weighted by Crippen LogP contribution is 2.32. The molecule has 106 valence electrons. The first-order chi connectivity index (χ1) is 9.72. The predicted octanol–water partition coefficient (Wildman–Crippen LogP) is 3.90. The van der Waals surface area contributed by atoms with E-state index >= 15 is 0 Å². The van der Waals surface area contributed by atoms with Crippen molar-refractivity contribution in [3.8, 4) is 17.2 Å². The van der Waals surface area contributed by atoms with Gasteiger partial charge in [0.2, 0.25) is 0 Å². The first-order valence-corrected chi connectivity index (χ1v) is 6.53. The van der Waals surface area contributed by atoms with Gasteiger partial charge in [-0.2, -0.15) is 0 Å². The highest BCUT2D eigenvalue weighted by atomic mass is 19.1. The molecule has 3 nitrogen and oxygen atoms in total. The van der Waals surface area contributed by atoms with E-state index in [9.17, 15) is 4.39 Å². The first kappa shape index (κ1) is 14.3. The fourth-order valence-electron chi connectivity index (χ4n) is 1.76. The Morgan fingerprint density at radius 1 is 1.10 bits per heavy atom. The van der Waals surface area contributed by atoms with Crippen LogP contribution in [-0.4, -0.2) is 11.7 Å². The van der Waals surface area contributed by atoms with Crippen LogP contribution in [0.5, 0.6) is 17.2 Å². The molecule has 0 aliphatic heterocycles. The Balaban J connectivity index is 2.23. The van der Waals surface area contributed by atoms with Crippen LogP contribution in [-0.2, 0) is 6.61 Å². The Bertz CT molecular complexity index is 569. The SMILES string of the molecule is CCCOc1ccccc1Oc1cc(F)cc(CO)c1. The van der Waals surface area contributed by atoms with Gasteiger partial charge in [0.05, 0.1) is 13.2 Å². The van der Waals surface area contributed by atoms with E-state index in [2.05, 4.69) is 0 Å². The maximum atomic E-state index is 13.4. The first-order valence-electron chi connectivity index (χ1n) is 6.53. The Hall–Kier alpha value is -2.07. The van der Waals surface area contributed by atoms with Crippen LogP contribution in [0.4, 0.5) is 4.39 Å². The average Bonchev–Trinajstić information content (AvgIpc) is 2.45. The molecule has 0 aliphatic carbocycles. The number of benzene rings is 2. The van der Waals surface area contributed by atoms with E-state index in [0.717, 1.165) is 6.42 Å². The standard InChI is InChI=1S/C16H17FO3/c1-2-7-19-15-5-3-4-6-16(15)20-14-9-12(11-18)8-13(17)10-14/h3-6,8-10,18H,2,7,11H2,1H3. The number of aliphatic hydroxyl groups is 1. The summed E-state index contributed by atoms with van der Waals surface area (Å²) in [5.41, 5.74) is 0.465. The smallest absolute Gasteiger partial charge is 0.169 e. The van der Waals surface area contributed by atoms with Gasteiger partial charge in [-0.3, -0.25) is 0 Å². The van der Waals surface area contributed by atoms with Crippen LogP contribution in [0.3, 0.4) is 0 Å². The predicted molar refractivity (Wildman–Crippen MR) is 74.6 cm³/mol. The summed E-state index contributed by atoms with van der Waals surface area (Å²) in [6.45, 7) is 2.37. The van der Waals surface area contributed by atoms with E-state index in [1.54, 1.807) is 18.2 Å². The minimum atomic E-state index is -0.446. The van der Waals surface area contributed by atoms with E-state index in [-0.39, 0.29) is 6.61 Å². The molecule has 4 heteroatoms. The lowest BCUT2D eigenvalue weighted by atomic mass is 10.2. The number of hydrogen-bond acceptors (Lipinski definition) is 3. The lowest BCUT2D eigenvalue weighted by Gasteiger charge is -2.12. The Kier molecular flexibility index (Phi) is 4.96. The van der Waals surface area contributed by atoms with Crippen molar-refractivity contribution >= 4 is 0 Å². The topological polar surface area (TPSA) is 38.7 Å². The van der Waals surface area contributed by atoms with Gasteiger partial charge in [-0.15, -0.1) is 0 Å². The number of ether oxygens (including phenoxy) is 2. The molecule has 1 N–H and O–H groups in total. The molecule has 0 bridgehead atoms. The summed E-state index contributed by atoms with van der Waals surface area (Å²) in [6, 6.07) is 11.4. The molecular weight excluding hydrogens is 259 g/mol. The number of hydrogen-bond donors (Lipinski definition) is 1. The number of rotatable bonds is 6. The summed E-state index contributed by atoms with van der Waals surface area (Å²) in [5, 5.41) is 9.08. The van der Waals surface area contributed by atoms with Crippen LogP contribution in [0.2, 0.25) is 0 Å². The van der Waals surface area contributed by atoms with Crippen LogP contribution < -0.4 is 9.47 Å². The number of para-hydroxylation sites is 2. The monoisotopic (exact) mass is 276 g/mol. The second-order valence-electron chi connectivity index (χ2n) is 4.35. The van der Waals surface area contributed by atoms with Crippen molar-refractivity contribution in [2.75, 3.05) is 6.61 Å². The van der Waals surface area contributed by atoms with Gasteiger partial charge in [0.25, 0.3) is 0 Å². The molecule has 20 heavy (non-hydrogen) atoms. The fourth-order valence-corrected chi connectivity index (χ4v) is 1.76. The molecule has 0 aromatic heterocycles. The van der Waals surface area contributed by atoms with Crippen LogP contribution in [0.25, 0.3) is 0 Å². The van der Waals surface area contributed by atoms with Gasteiger partial charge >= 0.3 is 0 Å². The minimum Gasteiger partial charge on any atom is -0.490 e. The third kappa shape index (κ3) is 3.71. The highest BCUT2D eigenvalue weighted by Gasteiger charge is 2.07. The van der Waals surface area contributed by atoms with Crippen LogP contribution in [0, 0.1) is 5.82 Å². The Labute approximate surface area is 117 Å². The van der Waals surface area contributed by atoms with E-state index in [4.69, 9.17) is 14.6 Å². The Morgan fingerprint density at radius 3 is 2.55 bits per heavy atom. The lowest BCUT2D eigenvalue weighted by Crippen LogP contribution is -1.97. The van der Waals surface area contributed by atoms with Crippen molar-refractivity contribution < 1.29 is 19.0 Å². The van der Waals surface area contributed by atoms with Crippen molar-refractivity contribution in [2.45, 2.75) is 20.0 Å². The van der Waals surface area contributed by atoms with Gasteiger partial charge in [0.1, 0.15) is 11.6 Å². The van der Waals surface area contributed by atoms with E-state index in [1.807, 2.05) is 19.1 Å². The van der Waals surface area contributed by atoms with E-state index in [0.29, 0.717) is 29.4 Å². The zero-order valence-corrected chi connectivity index (χ0v) is 11.3. The van der Waals surface area contributed by atoms with Crippen molar-refractivity contribution in [3.05, 3.63) is 53.8 Å². The van der Waals surface area contributed by atoms with Crippen molar-refractivity contribution in [3.63, 3.8) is 0 Å². The largest absolute Gasteiger partial charge is 0.490 e. The zero-order chi connectivity index (χ0) is 14.4. The maximum Gasteiger partial charge on any atom is 0.169 e. The molecule has 2 rings (SSSR count). The summed E-state index contributed by atoms with van der Waals surface area (Å²) in [7, 11) is 0. The summed E-state index contributed by atoms with van der Waals surface area (Å²) in [5.74, 6) is 1.03. The van der Waals surface area contributed by atoms with Gasteiger partial charge in [-0.05, 0) is 36.2 Å². The van der Waals surface area contributed by atoms with Crippen LogP contribution >= 0.6 is 0 Å². The quantitative estimate of drug-likeness (QED) is 0.869. The molecule has 0 saturated carbocycles. The molecule has 2 aromatic rings. The van der Waals surface area contributed by atoms with Gasteiger partial charge in [0.15, 0.2) is 11.5 Å². The van der Waals surface area contributed by atoms with Gasteiger partial charge in [-0.1, -0.05) is 19.1 Å². The summed E-state index contributed by atoms with van der Waals surface area (Å²) < 4.78 is 24.6. The van der Waals surface area contributed by atoms with Crippen molar-refractivity contribution in [1.29, 1.82) is 0 Å². The maximum absolute atomic E-state index is 13.4. The summed E-state index contributed by atoms with van der Waals surface area (Å²) in [6.07, 6.45) is 0.892. The molecule has 0 saturated heterocycles. The molecule has 0 spiro atoms. The minimum absolute atomic E-state index is 0.234. The Morgan fingerprint density at radius 2 is 1.85 bits per heavy atom. The summed E-state index contributed by atoms with van der Waals surface area (Å²) in [4.78, 5) is 0. The molecule has 0 amide bonds. The number of aliphatic hydroxyl groups excluding tert-OH is 1. The van der Waals surface area contributed by atoms with Gasteiger partial charge < -0.3 is 14.6 Å². The average molecular weight is 276 g/mol. The molecule has 0 radical (unpaired) electrons. The number of halogens is 1. The van der Waals surface area contributed by atoms with E-state index < -0.39 is 5.82 Å². The molecule has 0 unspecified atom stereocenters. The molecular formula is C16H17FO3. The molecule has 0 atom stereocenters. The third-order valence-corrected chi connectivity index (χ3v) is 2.65. The van der Waals surface area contributed by atoms with Crippen LogP contribution in [0.1, 0.15) is 18.9 Å². The lowest BCUT2D eigenvalue weighted by molar-refractivity contribution is 0.280. The highest BCUT2D eigenvalue weighted by molar-refractivity contribution is 5.43. The molecule has 0 heterocycles.